The molecular formula is C22H27N3O4. The molecule has 0 aliphatic carbocycles. The molecule has 0 saturated carbocycles. The largest absolute Gasteiger partial charge is 0.490 e. The van der Waals surface area contributed by atoms with Gasteiger partial charge in [-0.15, -0.1) is 0 Å². The fourth-order valence-corrected chi connectivity index (χ4v) is 3.32. The van der Waals surface area contributed by atoms with E-state index in [0.29, 0.717) is 43.2 Å². The highest BCUT2D eigenvalue weighted by atomic mass is 16.5. The predicted octanol–water partition coefficient (Wildman–Crippen LogP) is 3.25. The predicted molar refractivity (Wildman–Crippen MR) is 114 cm³/mol. The number of anilines is 1. The van der Waals surface area contributed by atoms with E-state index in [0.717, 1.165) is 16.6 Å². The van der Waals surface area contributed by atoms with Crippen LogP contribution in [-0.4, -0.2) is 28.3 Å². The first-order chi connectivity index (χ1) is 13.9. The molecule has 0 fully saturated rings. The molecule has 0 aliphatic heterocycles. The number of amides is 1. The summed E-state index contributed by atoms with van der Waals surface area (Å²) in [6.45, 7) is 4.97. The second-order valence-corrected chi connectivity index (χ2v) is 6.80. The fraction of sp³-hybridized carbons (Fsp3) is 0.364. The van der Waals surface area contributed by atoms with E-state index in [2.05, 4.69) is 5.32 Å². The lowest BCUT2D eigenvalue weighted by molar-refractivity contribution is -0.116. The van der Waals surface area contributed by atoms with Crippen LogP contribution in [0.2, 0.25) is 0 Å². The van der Waals surface area contributed by atoms with Crippen LogP contribution < -0.4 is 20.5 Å². The zero-order chi connectivity index (χ0) is 21.0. The van der Waals surface area contributed by atoms with E-state index in [1.807, 2.05) is 50.2 Å². The van der Waals surface area contributed by atoms with E-state index in [-0.39, 0.29) is 11.6 Å². The number of fused-ring (bicyclic) bond motifs is 1. The average molecular weight is 397 g/mol. The number of aryl methyl sites for hydroxylation is 3. The van der Waals surface area contributed by atoms with E-state index in [4.69, 9.17) is 9.47 Å². The molecule has 0 spiro atoms. The van der Waals surface area contributed by atoms with Gasteiger partial charge < -0.3 is 14.8 Å². The van der Waals surface area contributed by atoms with Crippen LogP contribution in [0, 0.1) is 0 Å². The number of aromatic nitrogens is 2. The third kappa shape index (κ3) is 4.45. The number of nitrogens with zero attached hydrogens (tertiary/aromatic N) is 2. The first-order valence-electron chi connectivity index (χ1n) is 9.78. The summed E-state index contributed by atoms with van der Waals surface area (Å²) in [7, 11) is 3.45. The van der Waals surface area contributed by atoms with Crippen molar-refractivity contribution in [1.82, 2.24) is 9.13 Å². The molecule has 0 aliphatic rings. The standard InChI is InChI=1S/C22H27N3O4/c1-5-28-19-11-7-15(13-20(19)29-6-2)8-12-21(26)23-16-9-10-17-18(14-16)25(4)22(27)24(17)3/h7,9-11,13-14H,5-6,8,12H2,1-4H3,(H,23,26). The van der Waals surface area contributed by atoms with Gasteiger partial charge in [-0.2, -0.15) is 0 Å². The third-order valence-corrected chi connectivity index (χ3v) is 4.80. The molecule has 0 unspecified atom stereocenters. The number of imidazole rings is 1. The van der Waals surface area contributed by atoms with Crippen molar-refractivity contribution in [2.24, 2.45) is 14.1 Å². The highest BCUT2D eigenvalue weighted by Crippen LogP contribution is 2.29. The molecule has 3 rings (SSSR count). The second kappa shape index (κ2) is 8.86. The fourth-order valence-electron chi connectivity index (χ4n) is 3.32. The van der Waals surface area contributed by atoms with Crippen molar-refractivity contribution >= 4 is 22.6 Å². The van der Waals surface area contributed by atoms with Crippen LogP contribution in [-0.2, 0) is 25.3 Å². The number of hydrogen-bond acceptors (Lipinski definition) is 4. The van der Waals surface area contributed by atoms with Crippen molar-refractivity contribution in [3.05, 3.63) is 52.4 Å². The molecule has 0 atom stereocenters. The minimum atomic E-state index is -0.0934. The lowest BCUT2D eigenvalue weighted by atomic mass is 10.1. The van der Waals surface area contributed by atoms with Gasteiger partial charge in [0.2, 0.25) is 5.91 Å². The van der Waals surface area contributed by atoms with Crippen molar-refractivity contribution < 1.29 is 14.3 Å². The summed E-state index contributed by atoms with van der Waals surface area (Å²) < 4.78 is 14.4. The molecule has 1 N–H and O–H groups in total. The maximum absolute atomic E-state index is 12.4. The Labute approximate surface area is 169 Å². The van der Waals surface area contributed by atoms with Crippen LogP contribution in [0.5, 0.6) is 11.5 Å². The van der Waals surface area contributed by atoms with Crippen LogP contribution in [0.4, 0.5) is 5.69 Å². The van der Waals surface area contributed by atoms with Crippen molar-refractivity contribution in [2.75, 3.05) is 18.5 Å². The topological polar surface area (TPSA) is 74.5 Å². The van der Waals surface area contributed by atoms with Gasteiger partial charge in [0.1, 0.15) is 0 Å². The molecule has 0 radical (unpaired) electrons. The summed E-state index contributed by atoms with van der Waals surface area (Å²) in [6, 6.07) is 11.2. The van der Waals surface area contributed by atoms with E-state index in [9.17, 15) is 9.59 Å². The molecule has 7 nitrogen and oxygen atoms in total. The van der Waals surface area contributed by atoms with Crippen LogP contribution in [0.1, 0.15) is 25.8 Å². The van der Waals surface area contributed by atoms with Crippen molar-refractivity contribution in [2.45, 2.75) is 26.7 Å². The Kier molecular flexibility index (Phi) is 6.26. The Morgan fingerprint density at radius 2 is 1.62 bits per heavy atom. The Morgan fingerprint density at radius 3 is 2.34 bits per heavy atom. The molecule has 154 valence electrons. The summed E-state index contributed by atoms with van der Waals surface area (Å²) in [5.74, 6) is 1.32. The van der Waals surface area contributed by atoms with Crippen LogP contribution in [0.3, 0.4) is 0 Å². The summed E-state index contributed by atoms with van der Waals surface area (Å²) in [5, 5.41) is 2.91. The molecule has 0 bridgehead atoms. The molecule has 1 amide bonds. The zero-order valence-corrected chi connectivity index (χ0v) is 17.3. The lowest BCUT2D eigenvalue weighted by Crippen LogP contribution is -2.19. The summed E-state index contributed by atoms with van der Waals surface area (Å²) in [4.78, 5) is 24.5. The number of ether oxygens (including phenoxy) is 2. The van der Waals surface area contributed by atoms with E-state index >= 15 is 0 Å². The number of hydrogen-bond donors (Lipinski definition) is 1. The molecule has 0 saturated heterocycles. The van der Waals surface area contributed by atoms with E-state index in [1.165, 1.54) is 0 Å². The van der Waals surface area contributed by atoms with Crippen molar-refractivity contribution in [1.29, 1.82) is 0 Å². The number of carbonyl (C=O) groups excluding carboxylic acids is 1. The highest BCUT2D eigenvalue weighted by Gasteiger charge is 2.11. The van der Waals surface area contributed by atoms with Crippen LogP contribution in [0.25, 0.3) is 11.0 Å². The van der Waals surface area contributed by atoms with Crippen molar-refractivity contribution in [3.8, 4) is 11.5 Å². The van der Waals surface area contributed by atoms with Gasteiger partial charge in [-0.1, -0.05) is 6.07 Å². The van der Waals surface area contributed by atoms with E-state index in [1.54, 1.807) is 23.2 Å². The van der Waals surface area contributed by atoms with Gasteiger partial charge in [-0.25, -0.2) is 4.79 Å². The molecule has 1 heterocycles. The summed E-state index contributed by atoms with van der Waals surface area (Å²) in [6.07, 6.45) is 0.926. The normalized spacial score (nSPS) is 10.9. The van der Waals surface area contributed by atoms with Gasteiger partial charge >= 0.3 is 5.69 Å². The van der Waals surface area contributed by atoms with E-state index < -0.39 is 0 Å². The zero-order valence-electron chi connectivity index (χ0n) is 17.3. The van der Waals surface area contributed by atoms with Crippen molar-refractivity contribution in [3.63, 3.8) is 0 Å². The Bertz CT molecular complexity index is 1080. The van der Waals surface area contributed by atoms with Crippen LogP contribution in [0.15, 0.2) is 41.2 Å². The maximum Gasteiger partial charge on any atom is 0.328 e. The lowest BCUT2D eigenvalue weighted by Gasteiger charge is -2.12. The number of carbonyl (C=O) groups is 1. The smallest absolute Gasteiger partial charge is 0.328 e. The molecule has 3 aromatic rings. The van der Waals surface area contributed by atoms with Gasteiger partial charge in [0.25, 0.3) is 0 Å². The summed E-state index contributed by atoms with van der Waals surface area (Å²) in [5.41, 5.74) is 3.19. The monoisotopic (exact) mass is 397 g/mol. The summed E-state index contributed by atoms with van der Waals surface area (Å²) >= 11 is 0. The van der Waals surface area contributed by atoms with Gasteiger partial charge in [0.05, 0.1) is 24.2 Å². The number of benzene rings is 2. The molecule has 29 heavy (non-hydrogen) atoms. The second-order valence-electron chi connectivity index (χ2n) is 6.80. The first-order valence-corrected chi connectivity index (χ1v) is 9.78. The Morgan fingerprint density at radius 1 is 0.931 bits per heavy atom. The van der Waals surface area contributed by atoms with Gasteiger partial charge in [-0.05, 0) is 56.2 Å². The maximum atomic E-state index is 12.4. The Hall–Kier alpha value is -3.22. The average Bonchev–Trinajstić information content (AvgIpc) is 2.92. The van der Waals surface area contributed by atoms with Gasteiger partial charge in [-0.3, -0.25) is 13.9 Å². The Balaban J connectivity index is 1.67. The molecule has 2 aromatic carbocycles. The van der Waals surface area contributed by atoms with Gasteiger partial charge in [0.15, 0.2) is 11.5 Å². The third-order valence-electron chi connectivity index (χ3n) is 4.80. The number of nitrogens with one attached hydrogen (secondary N) is 1. The molecule has 7 heteroatoms. The minimum absolute atomic E-state index is 0.0860. The first kappa shape index (κ1) is 20.5. The van der Waals surface area contributed by atoms with Gasteiger partial charge in [0, 0.05) is 26.2 Å². The number of rotatable bonds is 8. The molecule has 1 aromatic heterocycles. The SMILES string of the molecule is CCOc1ccc(CCC(=O)Nc2ccc3c(c2)n(C)c(=O)n3C)cc1OCC. The molecular weight excluding hydrogens is 370 g/mol. The van der Waals surface area contributed by atoms with Crippen LogP contribution >= 0.6 is 0 Å². The minimum Gasteiger partial charge on any atom is -0.490 e. The quantitative estimate of drug-likeness (QED) is 0.633. The highest BCUT2D eigenvalue weighted by molar-refractivity contribution is 5.93.